The molecule has 1 N–H and O–H groups in total. The largest absolute Gasteiger partial charge is 0.385 e. The molecule has 1 unspecified atom stereocenters. The average Bonchev–Trinajstić information content (AvgIpc) is 2.01. The number of hydrogen-bond donors (Lipinski definition) is 1. The lowest BCUT2D eigenvalue weighted by molar-refractivity contribution is 0.0162. The lowest BCUT2D eigenvalue weighted by atomic mass is 9.96. The van der Waals surface area contributed by atoms with Gasteiger partial charge in [-0.2, -0.15) is 0 Å². The molecule has 1 rings (SSSR count). The monoisotopic (exact) mass is 236 g/mol. The van der Waals surface area contributed by atoms with Crippen LogP contribution in [0.2, 0.25) is 10.0 Å². The number of aliphatic hydroxyl groups is 1. The minimum atomic E-state index is -1.72. The summed E-state index contributed by atoms with van der Waals surface area (Å²) in [7, 11) is 0. The highest BCUT2D eigenvalue weighted by atomic mass is 35.5. The molecular formula is C10H11Cl2FO. The van der Waals surface area contributed by atoms with Crippen molar-refractivity contribution in [2.45, 2.75) is 25.6 Å². The molecule has 78 valence electrons. The molecule has 1 aromatic rings. The second kappa shape index (κ2) is 4.05. The van der Waals surface area contributed by atoms with Crippen LogP contribution >= 0.6 is 23.2 Å². The SMILES string of the molecule is CC(C)(F)C(O)c1ccc(Cl)cc1Cl. The van der Waals surface area contributed by atoms with E-state index in [4.69, 9.17) is 23.2 Å². The van der Waals surface area contributed by atoms with Gasteiger partial charge in [0, 0.05) is 15.6 Å². The Kier molecular flexibility index (Phi) is 3.40. The van der Waals surface area contributed by atoms with Gasteiger partial charge in [0.1, 0.15) is 11.8 Å². The molecule has 1 aromatic carbocycles. The van der Waals surface area contributed by atoms with E-state index in [0.29, 0.717) is 10.6 Å². The number of benzene rings is 1. The molecule has 4 heteroatoms. The van der Waals surface area contributed by atoms with Crippen LogP contribution in [0.5, 0.6) is 0 Å². The van der Waals surface area contributed by atoms with Gasteiger partial charge in [-0.3, -0.25) is 0 Å². The molecule has 1 nitrogen and oxygen atoms in total. The van der Waals surface area contributed by atoms with E-state index in [2.05, 4.69) is 0 Å². The summed E-state index contributed by atoms with van der Waals surface area (Å²) in [6.45, 7) is 2.59. The number of aliphatic hydroxyl groups excluding tert-OH is 1. The second-order valence-electron chi connectivity index (χ2n) is 3.63. The van der Waals surface area contributed by atoms with Crippen LogP contribution in [0.4, 0.5) is 4.39 Å². The predicted molar refractivity (Wildman–Crippen MR) is 56.6 cm³/mol. The Morgan fingerprint density at radius 3 is 2.36 bits per heavy atom. The standard InChI is InChI=1S/C10H11Cl2FO/c1-10(2,13)9(14)7-4-3-6(11)5-8(7)12/h3-5,9,14H,1-2H3. The van der Waals surface area contributed by atoms with Gasteiger partial charge in [0.25, 0.3) is 0 Å². The zero-order valence-electron chi connectivity index (χ0n) is 7.89. The first-order chi connectivity index (χ1) is 6.32. The first-order valence-electron chi connectivity index (χ1n) is 4.14. The molecule has 14 heavy (non-hydrogen) atoms. The zero-order valence-corrected chi connectivity index (χ0v) is 9.40. The highest BCUT2D eigenvalue weighted by Crippen LogP contribution is 2.34. The third kappa shape index (κ3) is 2.59. The van der Waals surface area contributed by atoms with Crippen LogP contribution in [0.15, 0.2) is 18.2 Å². The summed E-state index contributed by atoms with van der Waals surface area (Å²) in [6.07, 6.45) is -1.24. The zero-order chi connectivity index (χ0) is 10.9. The van der Waals surface area contributed by atoms with Crippen LogP contribution in [-0.2, 0) is 0 Å². The third-order valence-electron chi connectivity index (χ3n) is 1.91. The molecule has 0 radical (unpaired) electrons. The molecule has 0 aliphatic carbocycles. The lowest BCUT2D eigenvalue weighted by Crippen LogP contribution is -2.23. The Morgan fingerprint density at radius 1 is 1.36 bits per heavy atom. The number of rotatable bonds is 2. The number of hydrogen-bond acceptors (Lipinski definition) is 1. The Balaban J connectivity index is 3.08. The highest BCUT2D eigenvalue weighted by Gasteiger charge is 2.29. The van der Waals surface area contributed by atoms with E-state index < -0.39 is 11.8 Å². The van der Waals surface area contributed by atoms with E-state index in [1.807, 2.05) is 0 Å². The molecule has 1 atom stereocenters. The minimum Gasteiger partial charge on any atom is -0.385 e. The summed E-state index contributed by atoms with van der Waals surface area (Å²) < 4.78 is 13.4. The van der Waals surface area contributed by atoms with Crippen molar-refractivity contribution < 1.29 is 9.50 Å². The van der Waals surface area contributed by atoms with Crippen LogP contribution in [0.3, 0.4) is 0 Å². The van der Waals surface area contributed by atoms with Gasteiger partial charge >= 0.3 is 0 Å². The molecule has 0 aromatic heterocycles. The van der Waals surface area contributed by atoms with Crippen LogP contribution in [0, 0.1) is 0 Å². The van der Waals surface area contributed by atoms with Gasteiger partial charge in [-0.1, -0.05) is 29.3 Å². The quantitative estimate of drug-likeness (QED) is 0.829. The number of alkyl halides is 1. The van der Waals surface area contributed by atoms with Gasteiger partial charge in [0.05, 0.1) is 0 Å². The Labute approximate surface area is 92.5 Å². The minimum absolute atomic E-state index is 0.274. The molecule has 0 amide bonds. The van der Waals surface area contributed by atoms with E-state index in [-0.39, 0.29) is 5.02 Å². The van der Waals surface area contributed by atoms with E-state index in [9.17, 15) is 9.50 Å². The normalized spacial score (nSPS) is 14.1. The van der Waals surface area contributed by atoms with E-state index in [0.717, 1.165) is 0 Å². The maximum absolute atomic E-state index is 13.4. The molecular weight excluding hydrogens is 226 g/mol. The van der Waals surface area contributed by atoms with E-state index in [1.165, 1.54) is 26.0 Å². The van der Waals surface area contributed by atoms with E-state index in [1.54, 1.807) is 6.07 Å². The summed E-state index contributed by atoms with van der Waals surface area (Å²) in [5.74, 6) is 0. The Bertz CT molecular complexity index is 333. The van der Waals surface area contributed by atoms with Crippen molar-refractivity contribution in [2.75, 3.05) is 0 Å². The summed E-state index contributed by atoms with van der Waals surface area (Å²) >= 11 is 11.5. The Morgan fingerprint density at radius 2 is 1.93 bits per heavy atom. The van der Waals surface area contributed by atoms with Crippen molar-refractivity contribution >= 4 is 23.2 Å². The smallest absolute Gasteiger partial charge is 0.135 e. The van der Waals surface area contributed by atoms with Crippen LogP contribution < -0.4 is 0 Å². The highest BCUT2D eigenvalue weighted by molar-refractivity contribution is 6.35. The summed E-state index contributed by atoms with van der Waals surface area (Å²) in [4.78, 5) is 0. The molecule has 0 heterocycles. The first-order valence-corrected chi connectivity index (χ1v) is 4.90. The molecule has 0 saturated heterocycles. The van der Waals surface area contributed by atoms with Crippen molar-refractivity contribution in [1.29, 1.82) is 0 Å². The van der Waals surface area contributed by atoms with Crippen molar-refractivity contribution in [3.63, 3.8) is 0 Å². The topological polar surface area (TPSA) is 20.2 Å². The van der Waals surface area contributed by atoms with Gasteiger partial charge in [-0.25, -0.2) is 4.39 Å². The summed E-state index contributed by atoms with van der Waals surface area (Å²) in [6, 6.07) is 4.57. The second-order valence-corrected chi connectivity index (χ2v) is 4.48. The van der Waals surface area contributed by atoms with Crippen LogP contribution in [0.25, 0.3) is 0 Å². The molecule has 0 fully saturated rings. The first kappa shape index (κ1) is 11.8. The fourth-order valence-corrected chi connectivity index (χ4v) is 1.60. The summed E-state index contributed by atoms with van der Waals surface area (Å²) in [5.41, 5.74) is -1.37. The molecule has 0 spiro atoms. The van der Waals surface area contributed by atoms with Gasteiger partial charge in [0.15, 0.2) is 0 Å². The van der Waals surface area contributed by atoms with Gasteiger partial charge in [0.2, 0.25) is 0 Å². The van der Waals surface area contributed by atoms with Crippen molar-refractivity contribution in [3.8, 4) is 0 Å². The lowest BCUT2D eigenvalue weighted by Gasteiger charge is -2.23. The van der Waals surface area contributed by atoms with Crippen LogP contribution in [-0.4, -0.2) is 10.8 Å². The maximum Gasteiger partial charge on any atom is 0.135 e. The van der Waals surface area contributed by atoms with Gasteiger partial charge in [-0.15, -0.1) is 0 Å². The molecule has 0 bridgehead atoms. The third-order valence-corrected chi connectivity index (χ3v) is 2.47. The molecule has 0 saturated carbocycles. The van der Waals surface area contributed by atoms with Crippen molar-refractivity contribution in [2.24, 2.45) is 0 Å². The van der Waals surface area contributed by atoms with Crippen molar-refractivity contribution in [3.05, 3.63) is 33.8 Å². The fraction of sp³-hybridized carbons (Fsp3) is 0.400. The average molecular weight is 237 g/mol. The predicted octanol–water partition coefficient (Wildman–Crippen LogP) is 3.77. The van der Waals surface area contributed by atoms with Crippen LogP contribution in [0.1, 0.15) is 25.5 Å². The fourth-order valence-electron chi connectivity index (χ4n) is 1.09. The van der Waals surface area contributed by atoms with Gasteiger partial charge in [-0.05, 0) is 26.0 Å². The van der Waals surface area contributed by atoms with Crippen molar-refractivity contribution in [1.82, 2.24) is 0 Å². The summed E-state index contributed by atoms with van der Waals surface area (Å²) in [5, 5.41) is 10.4. The number of halogens is 3. The maximum atomic E-state index is 13.4. The molecule has 0 aliphatic heterocycles. The molecule has 0 aliphatic rings. The van der Waals surface area contributed by atoms with Gasteiger partial charge < -0.3 is 5.11 Å². The van der Waals surface area contributed by atoms with E-state index >= 15 is 0 Å². The Hall–Kier alpha value is -0.310.